The number of amides is 1. The minimum atomic E-state index is -0.294. The number of unbranched alkanes of at least 4 members (excludes halogenated alkanes) is 4. The van der Waals surface area contributed by atoms with Gasteiger partial charge in [-0.2, -0.15) is 0 Å². The summed E-state index contributed by atoms with van der Waals surface area (Å²) in [7, 11) is 1.71. The van der Waals surface area contributed by atoms with E-state index in [2.05, 4.69) is 34.3 Å². The Balaban J connectivity index is 1.54. The molecule has 1 aliphatic rings. The molecule has 2 heterocycles. The molecule has 1 N–H and O–H groups in total. The summed E-state index contributed by atoms with van der Waals surface area (Å²) < 4.78 is 10.9. The Morgan fingerprint density at radius 2 is 1.94 bits per heavy atom. The summed E-state index contributed by atoms with van der Waals surface area (Å²) in [5.74, 6) is 2.14. The first-order valence-corrected chi connectivity index (χ1v) is 14.2. The number of ether oxygens (including phenoxy) is 2. The van der Waals surface area contributed by atoms with Gasteiger partial charge in [0.05, 0.1) is 19.2 Å². The van der Waals surface area contributed by atoms with Gasteiger partial charge in [-0.3, -0.25) is 4.98 Å². The van der Waals surface area contributed by atoms with E-state index in [0.29, 0.717) is 25.0 Å². The number of pyridine rings is 1. The molecule has 1 aromatic carbocycles. The number of aromatic nitrogens is 1. The van der Waals surface area contributed by atoms with Crippen molar-refractivity contribution in [2.75, 3.05) is 39.9 Å². The van der Waals surface area contributed by atoms with Gasteiger partial charge in [-0.1, -0.05) is 32.6 Å². The van der Waals surface area contributed by atoms with Crippen molar-refractivity contribution in [3.05, 3.63) is 36.0 Å². The van der Waals surface area contributed by atoms with Crippen molar-refractivity contribution in [3.8, 4) is 5.75 Å². The lowest BCUT2D eigenvalue weighted by molar-refractivity contribution is 0.0807. The highest BCUT2D eigenvalue weighted by atomic mass is 16.5. The monoisotopic (exact) mass is 497 g/mol. The number of rotatable bonds is 15. The van der Waals surface area contributed by atoms with E-state index in [-0.39, 0.29) is 6.09 Å². The molecule has 3 rings (SSSR count). The number of methoxy groups -OCH3 is 1. The van der Waals surface area contributed by atoms with Gasteiger partial charge in [-0.15, -0.1) is 0 Å². The molecule has 200 valence electrons. The third-order valence-electron chi connectivity index (χ3n) is 7.66. The first-order chi connectivity index (χ1) is 17.6. The molecule has 6 nitrogen and oxygen atoms in total. The number of nitrogens with zero attached hydrogens (tertiary/aromatic N) is 2. The molecule has 2 atom stereocenters. The van der Waals surface area contributed by atoms with Crippen LogP contribution >= 0.6 is 0 Å². The molecule has 1 aliphatic heterocycles. The smallest absolute Gasteiger partial charge is 0.407 e. The van der Waals surface area contributed by atoms with E-state index >= 15 is 0 Å². The zero-order chi connectivity index (χ0) is 25.6. The van der Waals surface area contributed by atoms with Crippen LogP contribution in [0.2, 0.25) is 0 Å². The highest BCUT2D eigenvalue weighted by Gasteiger charge is 2.28. The highest BCUT2D eigenvalue weighted by Crippen LogP contribution is 2.32. The molecular weight excluding hydrogens is 450 g/mol. The standard InChI is InChI=1S/C30H47N3O3/c1-4-6-7-8-9-19-33-20-16-24(26(23-33)17-21-36-30(34)31-5-2)11-10-12-25-15-18-32-29-14-13-27(35-3)22-28(25)29/h13-15,18,22,24,26H,4-12,16-17,19-21,23H2,1-3H3,(H,31,34)/t24-,26+/m1/s1. The van der Waals surface area contributed by atoms with Crippen molar-refractivity contribution in [1.29, 1.82) is 0 Å². The number of aryl methyl sites for hydroxylation is 1. The van der Waals surface area contributed by atoms with Crippen LogP contribution in [0.3, 0.4) is 0 Å². The van der Waals surface area contributed by atoms with E-state index in [9.17, 15) is 4.79 Å². The van der Waals surface area contributed by atoms with Crippen LogP contribution in [0, 0.1) is 11.8 Å². The van der Waals surface area contributed by atoms with Gasteiger partial charge in [0.2, 0.25) is 0 Å². The van der Waals surface area contributed by atoms with Crippen LogP contribution in [-0.2, 0) is 11.2 Å². The Hall–Kier alpha value is -2.34. The lowest BCUT2D eigenvalue weighted by Crippen LogP contribution is -2.41. The van der Waals surface area contributed by atoms with Crippen LogP contribution in [0.4, 0.5) is 4.79 Å². The maximum absolute atomic E-state index is 11.8. The normalized spacial score (nSPS) is 18.3. The summed E-state index contributed by atoms with van der Waals surface area (Å²) in [4.78, 5) is 19.0. The second kappa shape index (κ2) is 15.7. The molecule has 2 aromatic rings. The van der Waals surface area contributed by atoms with Crippen molar-refractivity contribution < 1.29 is 14.3 Å². The van der Waals surface area contributed by atoms with Crippen LogP contribution in [-0.4, -0.2) is 55.9 Å². The first-order valence-electron chi connectivity index (χ1n) is 14.2. The predicted octanol–water partition coefficient (Wildman–Crippen LogP) is 6.61. The number of piperidine rings is 1. The molecule has 1 aromatic heterocycles. The quantitative estimate of drug-likeness (QED) is 0.281. The summed E-state index contributed by atoms with van der Waals surface area (Å²) in [6, 6.07) is 8.28. The van der Waals surface area contributed by atoms with Crippen LogP contribution in [0.25, 0.3) is 10.9 Å². The molecule has 0 radical (unpaired) electrons. The maximum atomic E-state index is 11.8. The largest absolute Gasteiger partial charge is 0.497 e. The van der Waals surface area contributed by atoms with Crippen molar-refractivity contribution >= 4 is 17.0 Å². The molecule has 6 heteroatoms. The third kappa shape index (κ3) is 8.95. The number of likely N-dealkylation sites (tertiary alicyclic amines) is 1. The number of alkyl carbamates (subject to hydrolysis) is 1. The van der Waals surface area contributed by atoms with Gasteiger partial charge in [0.15, 0.2) is 0 Å². The third-order valence-corrected chi connectivity index (χ3v) is 7.66. The number of nitrogens with one attached hydrogen (secondary N) is 1. The summed E-state index contributed by atoms with van der Waals surface area (Å²) in [6.07, 6.45) is 13.9. The SMILES string of the molecule is CCCCCCCN1CC[C@@H](CCCc2ccnc3ccc(OC)cc23)[C@@H](CCOC(=O)NCC)C1. The lowest BCUT2D eigenvalue weighted by atomic mass is 9.80. The number of hydrogen-bond acceptors (Lipinski definition) is 5. The highest BCUT2D eigenvalue weighted by molar-refractivity contribution is 5.83. The van der Waals surface area contributed by atoms with Gasteiger partial charge in [-0.25, -0.2) is 4.79 Å². The Morgan fingerprint density at radius 3 is 2.75 bits per heavy atom. The fourth-order valence-electron chi connectivity index (χ4n) is 5.59. The van der Waals surface area contributed by atoms with Gasteiger partial charge in [-0.05, 0) is 100 Å². The maximum Gasteiger partial charge on any atom is 0.407 e. The van der Waals surface area contributed by atoms with Crippen molar-refractivity contribution in [1.82, 2.24) is 15.2 Å². The second-order valence-corrected chi connectivity index (χ2v) is 10.2. The molecule has 0 unspecified atom stereocenters. The fourth-order valence-corrected chi connectivity index (χ4v) is 5.59. The van der Waals surface area contributed by atoms with Gasteiger partial charge < -0.3 is 19.7 Å². The number of carbonyl (C=O) groups excluding carboxylic acids is 1. The zero-order valence-electron chi connectivity index (χ0n) is 22.8. The summed E-state index contributed by atoms with van der Waals surface area (Å²) in [6.45, 7) is 8.83. The minimum Gasteiger partial charge on any atom is -0.497 e. The Morgan fingerprint density at radius 1 is 1.08 bits per heavy atom. The predicted molar refractivity (Wildman–Crippen MR) is 148 cm³/mol. The lowest BCUT2D eigenvalue weighted by Gasteiger charge is -2.39. The molecule has 1 saturated heterocycles. The van der Waals surface area contributed by atoms with Crippen molar-refractivity contribution in [2.45, 2.75) is 78.1 Å². The number of benzene rings is 1. The van der Waals surface area contributed by atoms with E-state index in [0.717, 1.165) is 37.1 Å². The van der Waals surface area contributed by atoms with Gasteiger partial charge >= 0.3 is 6.09 Å². The van der Waals surface area contributed by atoms with Crippen LogP contribution < -0.4 is 10.1 Å². The summed E-state index contributed by atoms with van der Waals surface area (Å²) in [5, 5.41) is 3.93. The molecule has 0 aliphatic carbocycles. The summed E-state index contributed by atoms with van der Waals surface area (Å²) >= 11 is 0. The molecule has 36 heavy (non-hydrogen) atoms. The molecule has 1 amide bonds. The van der Waals surface area contributed by atoms with E-state index in [1.54, 1.807) is 7.11 Å². The molecule has 0 saturated carbocycles. The van der Waals surface area contributed by atoms with E-state index in [4.69, 9.17) is 9.47 Å². The molecule has 0 bridgehead atoms. The Bertz CT molecular complexity index is 919. The Labute approximate surface area is 218 Å². The van der Waals surface area contributed by atoms with E-state index in [1.165, 1.54) is 69.0 Å². The van der Waals surface area contributed by atoms with Crippen LogP contribution in [0.5, 0.6) is 5.75 Å². The van der Waals surface area contributed by atoms with Gasteiger partial charge in [0, 0.05) is 24.7 Å². The number of fused-ring (bicyclic) bond motifs is 1. The molecule has 0 spiro atoms. The first kappa shape index (κ1) is 28.2. The average Bonchev–Trinajstić information content (AvgIpc) is 2.89. The average molecular weight is 498 g/mol. The zero-order valence-corrected chi connectivity index (χ0v) is 22.8. The van der Waals surface area contributed by atoms with Gasteiger partial charge in [0.1, 0.15) is 5.75 Å². The van der Waals surface area contributed by atoms with Gasteiger partial charge in [0.25, 0.3) is 0 Å². The van der Waals surface area contributed by atoms with E-state index < -0.39 is 0 Å². The molecule has 1 fully saturated rings. The summed E-state index contributed by atoms with van der Waals surface area (Å²) in [5.41, 5.74) is 2.38. The Kier molecular flexibility index (Phi) is 12.3. The van der Waals surface area contributed by atoms with Crippen LogP contribution in [0.1, 0.15) is 77.2 Å². The number of carbonyl (C=O) groups is 1. The van der Waals surface area contributed by atoms with Crippen molar-refractivity contribution in [2.24, 2.45) is 11.8 Å². The fraction of sp³-hybridized carbons (Fsp3) is 0.667. The van der Waals surface area contributed by atoms with Crippen LogP contribution in [0.15, 0.2) is 30.5 Å². The van der Waals surface area contributed by atoms with Crippen molar-refractivity contribution in [3.63, 3.8) is 0 Å². The van der Waals surface area contributed by atoms with E-state index in [1.807, 2.05) is 25.3 Å². The second-order valence-electron chi connectivity index (χ2n) is 10.2. The molecular formula is C30H47N3O3. The number of hydrogen-bond donors (Lipinski definition) is 1. The minimum absolute atomic E-state index is 0.294. The topological polar surface area (TPSA) is 63.7 Å².